The van der Waals surface area contributed by atoms with Gasteiger partial charge in [0, 0.05) is 16.7 Å². The number of thioether (sulfide) groups is 1. The lowest BCUT2D eigenvalue weighted by Gasteiger charge is -2.07. The predicted octanol–water partition coefficient (Wildman–Crippen LogP) is 5.21. The summed E-state index contributed by atoms with van der Waals surface area (Å²) in [5, 5.41) is 12.2. The number of benzene rings is 2. The molecule has 0 atom stereocenters. The van der Waals surface area contributed by atoms with E-state index in [2.05, 4.69) is 53.7 Å². The average Bonchev–Trinajstić information content (AvgIpc) is 3.39. The molecule has 154 valence electrons. The van der Waals surface area contributed by atoms with Crippen molar-refractivity contribution in [2.45, 2.75) is 30.7 Å². The van der Waals surface area contributed by atoms with Gasteiger partial charge in [-0.25, -0.2) is 9.66 Å². The molecule has 0 aliphatic carbocycles. The summed E-state index contributed by atoms with van der Waals surface area (Å²) in [7, 11) is 1.63. The van der Waals surface area contributed by atoms with Crippen LogP contribution in [0.5, 0.6) is 5.75 Å². The molecule has 2 aromatic carbocycles. The highest BCUT2D eigenvalue weighted by atomic mass is 32.2. The number of ether oxygens (including phenoxy) is 1. The monoisotopic (exact) mass is 437 g/mol. The van der Waals surface area contributed by atoms with Crippen LogP contribution in [-0.2, 0) is 5.75 Å². The fraction of sp³-hybridized carbons (Fsp3) is 0.227. The van der Waals surface area contributed by atoms with Crippen molar-refractivity contribution in [1.82, 2.24) is 19.9 Å². The van der Waals surface area contributed by atoms with E-state index in [1.807, 2.05) is 24.3 Å². The number of hydrogen-bond acceptors (Lipinski definition) is 7. The van der Waals surface area contributed by atoms with E-state index in [1.165, 1.54) is 22.0 Å². The van der Waals surface area contributed by atoms with Crippen molar-refractivity contribution in [3.8, 4) is 27.7 Å². The Morgan fingerprint density at radius 1 is 1.10 bits per heavy atom. The number of nitrogens with zero attached hydrogens (tertiary/aromatic N) is 4. The van der Waals surface area contributed by atoms with Gasteiger partial charge in [-0.05, 0) is 23.6 Å². The highest BCUT2D eigenvalue weighted by molar-refractivity contribution is 7.98. The Kier molecular flexibility index (Phi) is 6.06. The van der Waals surface area contributed by atoms with Gasteiger partial charge in [-0.1, -0.05) is 62.0 Å². The summed E-state index contributed by atoms with van der Waals surface area (Å²) in [6, 6.07) is 16.2. The van der Waals surface area contributed by atoms with Gasteiger partial charge in [-0.2, -0.15) is 0 Å². The maximum atomic E-state index is 6.26. The molecule has 30 heavy (non-hydrogen) atoms. The molecule has 0 spiro atoms. The van der Waals surface area contributed by atoms with Crippen molar-refractivity contribution in [2.24, 2.45) is 0 Å². The van der Waals surface area contributed by atoms with Crippen LogP contribution in [0.25, 0.3) is 22.0 Å². The first-order valence-electron chi connectivity index (χ1n) is 9.58. The van der Waals surface area contributed by atoms with Crippen molar-refractivity contribution < 1.29 is 4.74 Å². The first kappa shape index (κ1) is 20.4. The van der Waals surface area contributed by atoms with Crippen molar-refractivity contribution in [2.75, 3.05) is 13.0 Å². The number of thiazole rings is 1. The van der Waals surface area contributed by atoms with Crippen LogP contribution in [0.4, 0.5) is 0 Å². The van der Waals surface area contributed by atoms with Gasteiger partial charge in [-0.15, -0.1) is 21.5 Å². The van der Waals surface area contributed by atoms with E-state index in [1.54, 1.807) is 18.4 Å². The first-order chi connectivity index (χ1) is 14.6. The SMILES string of the molecule is COc1ccccc1-c1nnc(SCc2csc(-c3ccc(C(C)C)cc3)n2)n1N. The summed E-state index contributed by atoms with van der Waals surface area (Å²) >= 11 is 3.16. The summed E-state index contributed by atoms with van der Waals surface area (Å²) in [6.07, 6.45) is 0. The molecule has 0 bridgehead atoms. The summed E-state index contributed by atoms with van der Waals surface area (Å²) < 4.78 is 6.91. The third kappa shape index (κ3) is 4.20. The Morgan fingerprint density at radius 2 is 1.87 bits per heavy atom. The normalized spacial score (nSPS) is 11.2. The maximum absolute atomic E-state index is 6.26. The van der Waals surface area contributed by atoms with Gasteiger partial charge in [0.05, 0.1) is 18.4 Å². The second kappa shape index (κ2) is 8.89. The average molecular weight is 438 g/mol. The maximum Gasteiger partial charge on any atom is 0.210 e. The van der Waals surface area contributed by atoms with Gasteiger partial charge >= 0.3 is 0 Å². The zero-order chi connectivity index (χ0) is 21.1. The Labute approximate surface area is 184 Å². The fourth-order valence-corrected chi connectivity index (χ4v) is 4.72. The van der Waals surface area contributed by atoms with Gasteiger partial charge in [0.2, 0.25) is 5.16 Å². The predicted molar refractivity (Wildman–Crippen MR) is 123 cm³/mol. The molecule has 0 unspecified atom stereocenters. The molecular weight excluding hydrogens is 414 g/mol. The summed E-state index contributed by atoms with van der Waals surface area (Å²) in [5.41, 5.74) is 4.28. The molecule has 0 amide bonds. The number of nitrogen functional groups attached to an aromatic ring is 1. The quantitative estimate of drug-likeness (QED) is 0.316. The lowest BCUT2D eigenvalue weighted by molar-refractivity contribution is 0.416. The Hall–Kier alpha value is -2.84. The van der Waals surface area contributed by atoms with Gasteiger partial charge < -0.3 is 10.6 Å². The molecule has 0 radical (unpaired) electrons. The van der Waals surface area contributed by atoms with Gasteiger partial charge in [-0.3, -0.25) is 0 Å². The highest BCUT2D eigenvalue weighted by Crippen LogP contribution is 2.31. The van der Waals surface area contributed by atoms with Crippen molar-refractivity contribution in [3.63, 3.8) is 0 Å². The zero-order valence-corrected chi connectivity index (χ0v) is 18.7. The lowest BCUT2D eigenvalue weighted by atomic mass is 10.0. The van der Waals surface area contributed by atoms with Crippen molar-refractivity contribution in [3.05, 3.63) is 65.2 Å². The largest absolute Gasteiger partial charge is 0.496 e. The molecule has 6 nitrogen and oxygen atoms in total. The van der Waals surface area contributed by atoms with Gasteiger partial charge in [0.1, 0.15) is 10.8 Å². The molecule has 8 heteroatoms. The molecule has 0 fully saturated rings. The summed E-state index contributed by atoms with van der Waals surface area (Å²) in [4.78, 5) is 4.77. The van der Waals surface area contributed by atoms with E-state index in [4.69, 9.17) is 15.6 Å². The smallest absolute Gasteiger partial charge is 0.210 e. The minimum absolute atomic E-state index is 0.525. The molecule has 4 rings (SSSR count). The molecule has 2 aromatic heterocycles. The molecule has 4 aromatic rings. The summed E-state index contributed by atoms with van der Waals surface area (Å²) in [6.45, 7) is 4.40. The van der Waals surface area contributed by atoms with E-state index in [-0.39, 0.29) is 0 Å². The third-order valence-electron chi connectivity index (χ3n) is 4.74. The van der Waals surface area contributed by atoms with Crippen LogP contribution in [-0.4, -0.2) is 27.0 Å². The van der Waals surface area contributed by atoms with E-state index >= 15 is 0 Å². The first-order valence-corrected chi connectivity index (χ1v) is 11.4. The molecule has 0 aliphatic heterocycles. The topological polar surface area (TPSA) is 78.9 Å². The number of hydrogen-bond donors (Lipinski definition) is 1. The Morgan fingerprint density at radius 3 is 2.60 bits per heavy atom. The zero-order valence-electron chi connectivity index (χ0n) is 17.1. The van der Waals surface area contributed by atoms with E-state index in [0.717, 1.165) is 21.8 Å². The minimum Gasteiger partial charge on any atom is -0.496 e. The van der Waals surface area contributed by atoms with Crippen LogP contribution in [0.3, 0.4) is 0 Å². The van der Waals surface area contributed by atoms with Gasteiger partial charge in [0.25, 0.3) is 0 Å². The molecule has 0 saturated heterocycles. The number of para-hydroxylation sites is 1. The number of nitrogens with two attached hydrogens (primary N) is 1. The second-order valence-electron chi connectivity index (χ2n) is 7.09. The van der Waals surface area contributed by atoms with Crippen molar-refractivity contribution >= 4 is 23.1 Å². The third-order valence-corrected chi connectivity index (χ3v) is 6.65. The lowest BCUT2D eigenvalue weighted by Crippen LogP contribution is -2.12. The molecule has 0 aliphatic rings. The van der Waals surface area contributed by atoms with E-state index in [0.29, 0.717) is 28.4 Å². The van der Waals surface area contributed by atoms with Crippen LogP contribution in [0, 0.1) is 0 Å². The standard InChI is InChI=1S/C22H23N5OS2/c1-14(2)15-8-10-16(11-9-15)21-24-17(12-29-21)13-30-22-26-25-20(27(22)23)18-6-4-5-7-19(18)28-3/h4-12,14H,13,23H2,1-3H3. The van der Waals surface area contributed by atoms with E-state index in [9.17, 15) is 0 Å². The van der Waals surface area contributed by atoms with Crippen LogP contribution in [0.15, 0.2) is 59.1 Å². The van der Waals surface area contributed by atoms with Crippen LogP contribution >= 0.6 is 23.1 Å². The van der Waals surface area contributed by atoms with Gasteiger partial charge in [0.15, 0.2) is 5.82 Å². The Bertz CT molecular complexity index is 1130. The molecular formula is C22H23N5OS2. The fourth-order valence-electron chi connectivity index (χ4n) is 3.04. The Balaban J connectivity index is 1.47. The molecule has 2 N–H and O–H groups in total. The number of aromatic nitrogens is 4. The summed E-state index contributed by atoms with van der Waals surface area (Å²) in [5.74, 6) is 8.73. The highest BCUT2D eigenvalue weighted by Gasteiger charge is 2.16. The molecule has 0 saturated carbocycles. The van der Waals surface area contributed by atoms with Crippen LogP contribution in [0.1, 0.15) is 31.0 Å². The molecule has 2 heterocycles. The van der Waals surface area contributed by atoms with Crippen molar-refractivity contribution in [1.29, 1.82) is 0 Å². The number of rotatable bonds is 7. The number of methoxy groups -OCH3 is 1. The second-order valence-corrected chi connectivity index (χ2v) is 8.89. The minimum atomic E-state index is 0.525. The van der Waals surface area contributed by atoms with Crippen LogP contribution in [0.2, 0.25) is 0 Å². The van der Waals surface area contributed by atoms with Crippen LogP contribution < -0.4 is 10.6 Å². The van der Waals surface area contributed by atoms with E-state index < -0.39 is 0 Å².